The Kier molecular flexibility index (Phi) is 4.69. The predicted octanol–water partition coefficient (Wildman–Crippen LogP) is 5.43. The van der Waals surface area contributed by atoms with Crippen LogP contribution < -0.4 is 9.47 Å². The third kappa shape index (κ3) is 3.77. The number of allylic oxidation sites excluding steroid dienone is 1. The summed E-state index contributed by atoms with van der Waals surface area (Å²) in [7, 11) is 1.60. The smallest absolute Gasteiger partial charge is 0.189 e. The van der Waals surface area contributed by atoms with Crippen molar-refractivity contribution in [2.45, 2.75) is 19.4 Å². The minimum atomic E-state index is -0.478. The highest BCUT2D eigenvalue weighted by molar-refractivity contribution is 6.30. The third-order valence-electron chi connectivity index (χ3n) is 3.96. The summed E-state index contributed by atoms with van der Waals surface area (Å²) in [6.45, 7) is 3.90. The lowest BCUT2D eigenvalue weighted by atomic mass is 9.97. The zero-order valence-electron chi connectivity index (χ0n) is 14.4. The van der Waals surface area contributed by atoms with Gasteiger partial charge in [-0.15, -0.1) is 0 Å². The van der Waals surface area contributed by atoms with Crippen molar-refractivity contribution in [2.24, 2.45) is 0 Å². The van der Waals surface area contributed by atoms with E-state index in [1.54, 1.807) is 43.5 Å². The molecular weight excluding hydrogens is 336 g/mol. The van der Waals surface area contributed by atoms with Gasteiger partial charge >= 0.3 is 0 Å². The van der Waals surface area contributed by atoms with Crippen LogP contribution in [0, 0.1) is 0 Å². The highest BCUT2D eigenvalue weighted by Crippen LogP contribution is 2.39. The maximum atomic E-state index is 12.7. The van der Waals surface area contributed by atoms with Crippen molar-refractivity contribution >= 4 is 29.5 Å². The second kappa shape index (κ2) is 6.77. The molecule has 0 atom stereocenters. The van der Waals surface area contributed by atoms with Gasteiger partial charge in [-0.3, -0.25) is 4.79 Å². The highest BCUT2D eigenvalue weighted by atomic mass is 35.5. The van der Waals surface area contributed by atoms with Crippen LogP contribution in [0.2, 0.25) is 5.02 Å². The van der Waals surface area contributed by atoms with E-state index < -0.39 is 5.60 Å². The lowest BCUT2D eigenvalue weighted by Crippen LogP contribution is -2.28. The van der Waals surface area contributed by atoms with Gasteiger partial charge < -0.3 is 9.47 Å². The number of methoxy groups -OCH3 is 1. The van der Waals surface area contributed by atoms with E-state index >= 15 is 0 Å². The van der Waals surface area contributed by atoms with E-state index in [0.717, 1.165) is 11.1 Å². The van der Waals surface area contributed by atoms with Gasteiger partial charge in [-0.1, -0.05) is 29.8 Å². The zero-order chi connectivity index (χ0) is 18.0. The molecule has 3 nitrogen and oxygen atoms in total. The molecule has 0 unspecified atom stereocenters. The average molecular weight is 355 g/mol. The molecule has 0 N–H and O–H groups in total. The van der Waals surface area contributed by atoms with Crippen LogP contribution in [0.1, 0.15) is 35.3 Å². The summed E-state index contributed by atoms with van der Waals surface area (Å²) in [6, 6.07) is 10.8. The maximum absolute atomic E-state index is 12.7. The van der Waals surface area contributed by atoms with Gasteiger partial charge in [-0.05, 0) is 61.9 Å². The Hall–Kier alpha value is -2.52. The second-order valence-corrected chi connectivity index (χ2v) is 6.78. The SMILES string of the molecule is COc1ccc(C(=O)C=Cc2ccc(Cl)cc2)c2c1C=CC(C)(C)O2. The average Bonchev–Trinajstić information content (AvgIpc) is 2.59. The first kappa shape index (κ1) is 17.3. The number of halogens is 1. The summed E-state index contributed by atoms with van der Waals surface area (Å²) in [5, 5.41) is 0.662. The van der Waals surface area contributed by atoms with E-state index in [0.29, 0.717) is 22.1 Å². The Labute approximate surface area is 152 Å². The van der Waals surface area contributed by atoms with Crippen LogP contribution in [0.4, 0.5) is 0 Å². The number of carbonyl (C=O) groups is 1. The van der Waals surface area contributed by atoms with Crippen LogP contribution in [0.5, 0.6) is 11.5 Å². The van der Waals surface area contributed by atoms with Gasteiger partial charge in [0, 0.05) is 5.02 Å². The van der Waals surface area contributed by atoms with E-state index in [1.165, 1.54) is 0 Å². The fourth-order valence-electron chi connectivity index (χ4n) is 2.64. The zero-order valence-corrected chi connectivity index (χ0v) is 15.1. The fraction of sp³-hybridized carbons (Fsp3) is 0.190. The summed E-state index contributed by atoms with van der Waals surface area (Å²) in [6.07, 6.45) is 7.20. The number of rotatable bonds is 4. The van der Waals surface area contributed by atoms with Gasteiger partial charge in [0.1, 0.15) is 17.1 Å². The number of benzene rings is 2. The quantitative estimate of drug-likeness (QED) is 0.542. The largest absolute Gasteiger partial charge is 0.496 e. The minimum Gasteiger partial charge on any atom is -0.496 e. The first-order valence-corrected chi connectivity index (χ1v) is 8.35. The molecule has 0 saturated carbocycles. The van der Waals surface area contributed by atoms with E-state index in [-0.39, 0.29) is 5.78 Å². The van der Waals surface area contributed by atoms with Gasteiger partial charge in [0.15, 0.2) is 5.78 Å². The first-order chi connectivity index (χ1) is 11.9. The molecule has 4 heteroatoms. The Morgan fingerprint density at radius 1 is 1.16 bits per heavy atom. The molecule has 1 aliphatic heterocycles. The van der Waals surface area contributed by atoms with Crippen molar-refractivity contribution in [3.05, 3.63) is 70.3 Å². The molecule has 0 saturated heterocycles. The molecule has 0 fully saturated rings. The monoisotopic (exact) mass is 354 g/mol. The highest BCUT2D eigenvalue weighted by Gasteiger charge is 2.27. The molecule has 0 aromatic heterocycles. The molecule has 1 heterocycles. The van der Waals surface area contributed by atoms with E-state index in [4.69, 9.17) is 21.1 Å². The predicted molar refractivity (Wildman–Crippen MR) is 102 cm³/mol. The second-order valence-electron chi connectivity index (χ2n) is 6.35. The lowest BCUT2D eigenvalue weighted by Gasteiger charge is -2.29. The molecule has 2 aromatic carbocycles. The van der Waals surface area contributed by atoms with Crippen LogP contribution in [0.3, 0.4) is 0 Å². The Bertz CT molecular complexity index is 861. The van der Waals surface area contributed by atoms with E-state index in [9.17, 15) is 4.79 Å². The topological polar surface area (TPSA) is 35.5 Å². The first-order valence-electron chi connectivity index (χ1n) is 7.97. The molecule has 1 aliphatic rings. The fourth-order valence-corrected chi connectivity index (χ4v) is 2.76. The summed E-state index contributed by atoms with van der Waals surface area (Å²) >= 11 is 5.88. The number of carbonyl (C=O) groups excluding carboxylic acids is 1. The Morgan fingerprint density at radius 3 is 2.56 bits per heavy atom. The molecule has 0 radical (unpaired) electrons. The molecular formula is C21H19ClO3. The minimum absolute atomic E-state index is 0.125. The van der Waals surface area contributed by atoms with Crippen LogP contribution in [-0.2, 0) is 0 Å². The summed E-state index contributed by atoms with van der Waals surface area (Å²) < 4.78 is 11.4. The number of hydrogen-bond donors (Lipinski definition) is 0. The Balaban J connectivity index is 1.96. The van der Waals surface area contributed by atoms with Crippen LogP contribution >= 0.6 is 11.6 Å². The molecule has 0 amide bonds. The van der Waals surface area contributed by atoms with Crippen molar-refractivity contribution in [3.63, 3.8) is 0 Å². The van der Waals surface area contributed by atoms with E-state index in [1.807, 2.05) is 38.1 Å². The van der Waals surface area contributed by atoms with Crippen molar-refractivity contribution in [1.29, 1.82) is 0 Å². The van der Waals surface area contributed by atoms with Crippen LogP contribution in [0.15, 0.2) is 48.6 Å². The summed E-state index contributed by atoms with van der Waals surface area (Å²) in [4.78, 5) is 12.7. The van der Waals surface area contributed by atoms with Crippen LogP contribution in [-0.4, -0.2) is 18.5 Å². The molecule has 0 aliphatic carbocycles. The van der Waals surface area contributed by atoms with Crippen LogP contribution in [0.25, 0.3) is 12.2 Å². The van der Waals surface area contributed by atoms with Gasteiger partial charge in [0.25, 0.3) is 0 Å². The van der Waals surface area contributed by atoms with Gasteiger partial charge in [0.2, 0.25) is 0 Å². The third-order valence-corrected chi connectivity index (χ3v) is 4.21. The van der Waals surface area contributed by atoms with E-state index in [2.05, 4.69) is 0 Å². The van der Waals surface area contributed by atoms with Gasteiger partial charge in [0.05, 0.1) is 18.2 Å². The molecule has 128 valence electrons. The molecule has 3 rings (SSSR count). The van der Waals surface area contributed by atoms with Gasteiger partial charge in [-0.2, -0.15) is 0 Å². The lowest BCUT2D eigenvalue weighted by molar-refractivity contribution is 0.103. The van der Waals surface area contributed by atoms with Gasteiger partial charge in [-0.25, -0.2) is 0 Å². The Morgan fingerprint density at radius 2 is 1.88 bits per heavy atom. The van der Waals surface area contributed by atoms with Crippen molar-refractivity contribution in [1.82, 2.24) is 0 Å². The standard InChI is InChI=1S/C21H19ClO3/c1-21(2)13-12-17-19(24-3)11-9-16(20(17)25-21)18(23)10-6-14-4-7-15(22)8-5-14/h4-13H,1-3H3. The van der Waals surface area contributed by atoms with Crippen molar-refractivity contribution < 1.29 is 14.3 Å². The summed E-state index contributed by atoms with van der Waals surface area (Å²) in [5.74, 6) is 1.11. The molecule has 0 spiro atoms. The maximum Gasteiger partial charge on any atom is 0.189 e. The number of fused-ring (bicyclic) bond motifs is 1. The molecule has 2 aromatic rings. The number of ketones is 1. The summed E-state index contributed by atoms with van der Waals surface area (Å²) in [5.41, 5.74) is 1.72. The number of ether oxygens (including phenoxy) is 2. The number of hydrogen-bond acceptors (Lipinski definition) is 3. The molecule has 0 bridgehead atoms. The van der Waals surface area contributed by atoms with Crippen molar-refractivity contribution in [3.8, 4) is 11.5 Å². The normalized spacial score (nSPS) is 14.9. The molecule has 25 heavy (non-hydrogen) atoms. The van der Waals surface area contributed by atoms with Crippen molar-refractivity contribution in [2.75, 3.05) is 7.11 Å².